The van der Waals surface area contributed by atoms with Crippen molar-refractivity contribution in [3.05, 3.63) is 35.9 Å². The third-order valence-corrected chi connectivity index (χ3v) is 17.9. The summed E-state index contributed by atoms with van der Waals surface area (Å²) in [6, 6.07) is 7.87. The molecule has 0 saturated carbocycles. The number of rotatable bonds is 47. The summed E-state index contributed by atoms with van der Waals surface area (Å²) in [5.74, 6) is -4.07. The smallest absolute Gasteiger partial charge is 0.407 e. The maximum Gasteiger partial charge on any atom is 0.407 e. The van der Waals surface area contributed by atoms with Crippen LogP contribution in [0.2, 0.25) is 0 Å². The first kappa shape index (κ1) is 90.5. The van der Waals surface area contributed by atoms with Crippen molar-refractivity contribution in [3.8, 4) is 0 Å². The lowest BCUT2D eigenvalue weighted by atomic mass is 10.0. The van der Waals surface area contributed by atoms with E-state index in [1.807, 2.05) is 30.3 Å². The van der Waals surface area contributed by atoms with E-state index in [0.717, 1.165) is 5.56 Å². The molecule has 8 amide bonds. The van der Waals surface area contributed by atoms with Crippen molar-refractivity contribution in [2.24, 2.45) is 0 Å². The minimum Gasteiger partial charge on any atom is -0.445 e. The van der Waals surface area contributed by atoms with E-state index in [1.54, 1.807) is 0 Å². The van der Waals surface area contributed by atoms with Crippen LogP contribution in [0.15, 0.2) is 30.3 Å². The summed E-state index contributed by atoms with van der Waals surface area (Å²) in [6.07, 6.45) is -24.1. The van der Waals surface area contributed by atoms with E-state index in [1.165, 1.54) is 37.5 Å². The van der Waals surface area contributed by atoms with Gasteiger partial charge in [0.05, 0.1) is 89.6 Å². The van der Waals surface area contributed by atoms with E-state index in [-0.39, 0.29) is 124 Å². The van der Waals surface area contributed by atoms with Gasteiger partial charge in [-0.2, -0.15) is 0 Å². The highest BCUT2D eigenvalue weighted by Gasteiger charge is 2.46. The van der Waals surface area contributed by atoms with Crippen molar-refractivity contribution in [1.82, 2.24) is 52.3 Å². The van der Waals surface area contributed by atoms with Crippen LogP contribution in [0.1, 0.15) is 97.5 Å². The lowest BCUT2D eigenvalue weighted by molar-refractivity contribution is -0.292. The maximum absolute atomic E-state index is 14.4. The van der Waals surface area contributed by atoms with Crippen LogP contribution in [-0.4, -0.2) is 359 Å². The quantitative estimate of drug-likeness (QED) is 0.0270. The Morgan fingerprint density at radius 2 is 0.689 bits per heavy atom. The number of aliphatic hydroxyl groups excluding tert-OH is 12. The van der Waals surface area contributed by atoms with Crippen molar-refractivity contribution in [3.63, 3.8) is 0 Å². The SMILES string of the molecule is C[C@@H]1O[C@@H](OCCNC(=O)CCCCCNC(=O)CN(CC(=O)NCCCCCNC(=O)OCc2ccccc2)CC(=O)NCCCC[C@@H](C(=O)NCCO[C@@H]2O[C@@H](C)[C@@H](O)[C@@H](O)[C@@H]2O)N(CC(=O)NCCO[C@@H]2O[C@@H](C)[C@@H](O)[C@@H](O)[C@@H]2O)CC(=O)NCCO[C@@H]2O[C@@H](C)[C@@H](O)[C@@H](O)[C@@H]2O)[C@@H](O)[C@H](O)[C@@H]1O. The molecule has 0 bridgehead atoms. The first-order chi connectivity index (χ1) is 50.6. The highest BCUT2D eigenvalue weighted by molar-refractivity contribution is 5.86. The number of hydrogen-bond donors (Lipinski definition) is 20. The Bertz CT molecular complexity index is 2730. The molecule has 21 atom stereocenters. The van der Waals surface area contributed by atoms with Crippen molar-refractivity contribution in [1.29, 1.82) is 0 Å². The van der Waals surface area contributed by atoms with Gasteiger partial charge in [-0.05, 0) is 84.6 Å². The molecule has 4 heterocycles. The van der Waals surface area contributed by atoms with Crippen LogP contribution in [0.5, 0.6) is 0 Å². The highest BCUT2D eigenvalue weighted by atomic mass is 16.7. The van der Waals surface area contributed by atoms with Crippen LogP contribution in [0.3, 0.4) is 0 Å². The van der Waals surface area contributed by atoms with Crippen molar-refractivity contribution >= 4 is 47.4 Å². The minimum absolute atomic E-state index is 0.0136. The first-order valence-electron chi connectivity index (χ1n) is 36.1. The largest absolute Gasteiger partial charge is 0.445 e. The molecule has 4 aliphatic heterocycles. The third-order valence-electron chi connectivity index (χ3n) is 17.9. The zero-order chi connectivity index (χ0) is 77.8. The van der Waals surface area contributed by atoms with Gasteiger partial charge in [0.1, 0.15) is 79.9 Å². The van der Waals surface area contributed by atoms with Crippen LogP contribution in [-0.2, 0) is 82.8 Å². The van der Waals surface area contributed by atoms with E-state index in [2.05, 4.69) is 42.5 Å². The molecule has 106 heavy (non-hydrogen) atoms. The Morgan fingerprint density at radius 1 is 0.368 bits per heavy atom. The van der Waals surface area contributed by atoms with Crippen LogP contribution >= 0.6 is 0 Å². The number of hydrogen-bond acceptors (Lipinski definition) is 31. The third kappa shape index (κ3) is 31.8. The molecule has 0 aliphatic carbocycles. The molecular weight excluding hydrogens is 1410 g/mol. The molecular formula is C67H114N10O29. The molecule has 4 aliphatic rings. The summed E-state index contributed by atoms with van der Waals surface area (Å²) in [7, 11) is 0. The Labute approximate surface area is 614 Å². The van der Waals surface area contributed by atoms with Gasteiger partial charge in [0.25, 0.3) is 0 Å². The Balaban J connectivity index is 1.19. The molecule has 0 unspecified atom stereocenters. The summed E-state index contributed by atoms with van der Waals surface area (Å²) in [4.78, 5) is 110. The number of amides is 8. The van der Waals surface area contributed by atoms with Crippen LogP contribution in [0.4, 0.5) is 4.79 Å². The lowest BCUT2D eigenvalue weighted by Gasteiger charge is -2.39. The van der Waals surface area contributed by atoms with Crippen LogP contribution in [0.25, 0.3) is 0 Å². The topological polar surface area (TPSA) is 565 Å². The number of ether oxygens (including phenoxy) is 9. The van der Waals surface area contributed by atoms with Gasteiger partial charge in [-0.25, -0.2) is 4.79 Å². The summed E-state index contributed by atoms with van der Waals surface area (Å²) >= 11 is 0. The van der Waals surface area contributed by atoms with Gasteiger partial charge in [-0.15, -0.1) is 0 Å². The molecule has 0 radical (unpaired) electrons. The molecule has 606 valence electrons. The molecule has 4 saturated heterocycles. The van der Waals surface area contributed by atoms with Gasteiger partial charge in [-0.1, -0.05) is 36.8 Å². The van der Waals surface area contributed by atoms with Crippen LogP contribution in [0, 0.1) is 0 Å². The van der Waals surface area contributed by atoms with E-state index in [0.29, 0.717) is 45.1 Å². The normalized spacial score (nSPS) is 29.1. The molecule has 5 rings (SSSR count). The Hall–Kier alpha value is -6.10. The highest BCUT2D eigenvalue weighted by Crippen LogP contribution is 2.25. The standard InChI is InChI=1S/C67H114N10O29/c1-38-50(84)54(88)58(92)63(103-38)98-28-24-71-44(78)19-10-6-12-20-68-45(79)32-76(33-46(80)69-21-13-7-14-23-75-67(97)102-37-42-16-8-5-9-17-42)34-47(81)70-22-15-11-18-43(62(96)74-27-31-101-66-61(95)57(91)53(87)41(4)106-66)77(35-48(82)72-25-29-99-64-59(93)55(89)51(85)39(2)104-64)36-49(83)73-26-30-100-65-60(94)56(90)52(86)40(3)105-65/h5,8-9,16-17,38-41,43,50-61,63-66,84-95H,6-7,10-15,18-37H2,1-4H3,(H,68,79)(H,69,80)(H,70,81)(H,71,78)(H,72,82)(H,73,83)(H,74,96)(H,75,97)/t38-,39-,40-,41-,43-,50+,51+,52+,53+,54+,55+,56+,57+,58-,59-,60-,61-,63+,64+,65+,66+/m0/s1. The number of alkyl carbamates (subject to hydrolysis) is 1. The fraction of sp³-hybridized carbons (Fsp3) is 0.791. The summed E-state index contributed by atoms with van der Waals surface area (Å²) in [5, 5.41) is 144. The number of carbonyl (C=O) groups excluding carboxylic acids is 8. The van der Waals surface area contributed by atoms with E-state index in [4.69, 9.17) is 42.6 Å². The second-order valence-corrected chi connectivity index (χ2v) is 26.5. The molecule has 39 heteroatoms. The second-order valence-electron chi connectivity index (χ2n) is 26.5. The molecule has 0 aromatic heterocycles. The molecule has 1 aromatic rings. The van der Waals surface area contributed by atoms with Gasteiger partial charge >= 0.3 is 6.09 Å². The van der Waals surface area contributed by atoms with E-state index in [9.17, 15) is 99.6 Å². The fourth-order valence-corrected chi connectivity index (χ4v) is 11.6. The fourth-order valence-electron chi connectivity index (χ4n) is 11.6. The van der Waals surface area contributed by atoms with E-state index < -0.39 is 190 Å². The van der Waals surface area contributed by atoms with Crippen molar-refractivity contribution in [2.75, 3.05) is 112 Å². The van der Waals surface area contributed by atoms with Gasteiger partial charge in [0, 0.05) is 58.8 Å². The molecule has 4 fully saturated rings. The first-order valence-corrected chi connectivity index (χ1v) is 36.1. The molecule has 0 spiro atoms. The summed E-state index contributed by atoms with van der Waals surface area (Å²) < 4.78 is 49.2. The molecule has 1 aromatic carbocycles. The minimum atomic E-state index is -1.66. The van der Waals surface area contributed by atoms with Gasteiger partial charge in [-0.3, -0.25) is 43.4 Å². The Morgan fingerprint density at radius 3 is 1.08 bits per heavy atom. The molecule has 39 nitrogen and oxygen atoms in total. The zero-order valence-electron chi connectivity index (χ0n) is 60.5. The number of carbonyl (C=O) groups is 8. The summed E-state index contributed by atoms with van der Waals surface area (Å²) in [5.41, 5.74) is 0.834. The number of unbranched alkanes of at least 4 members (excludes halogenated alkanes) is 5. The van der Waals surface area contributed by atoms with Gasteiger partial charge in [0.2, 0.25) is 41.4 Å². The summed E-state index contributed by atoms with van der Waals surface area (Å²) in [6.45, 7) is 2.80. The van der Waals surface area contributed by atoms with E-state index >= 15 is 0 Å². The average Bonchev–Trinajstić information content (AvgIpc) is 0.855. The average molecular weight is 1520 g/mol. The number of benzene rings is 1. The molecule has 20 N–H and O–H groups in total. The predicted octanol–water partition coefficient (Wildman–Crippen LogP) is -8.02. The number of nitrogens with zero attached hydrogens (tertiary/aromatic N) is 2. The maximum atomic E-state index is 14.4. The second kappa shape index (κ2) is 48.4. The zero-order valence-corrected chi connectivity index (χ0v) is 60.5. The monoisotopic (exact) mass is 1520 g/mol. The number of nitrogens with one attached hydrogen (secondary N) is 8. The number of aliphatic hydroxyl groups is 12. The Kier molecular flexibility index (Phi) is 41.4. The van der Waals surface area contributed by atoms with Crippen molar-refractivity contribution < 1.29 is 142 Å². The van der Waals surface area contributed by atoms with Gasteiger partial charge < -0.3 is 146 Å². The van der Waals surface area contributed by atoms with Crippen LogP contribution < -0.4 is 42.5 Å². The van der Waals surface area contributed by atoms with Gasteiger partial charge in [0.15, 0.2) is 25.2 Å². The van der Waals surface area contributed by atoms with Crippen molar-refractivity contribution in [2.45, 2.75) is 227 Å². The lowest BCUT2D eigenvalue weighted by Crippen LogP contribution is -2.58. The predicted molar refractivity (Wildman–Crippen MR) is 367 cm³/mol.